The van der Waals surface area contributed by atoms with Crippen LogP contribution in [0.4, 0.5) is 10.1 Å². The first kappa shape index (κ1) is 14.5. The number of halogens is 1. The van der Waals surface area contributed by atoms with Gasteiger partial charge in [-0.05, 0) is 36.8 Å². The zero-order valence-corrected chi connectivity index (χ0v) is 11.9. The van der Waals surface area contributed by atoms with Crippen LogP contribution in [0.2, 0.25) is 0 Å². The molecule has 1 atom stereocenters. The fraction of sp³-hybridized carbons (Fsp3) is 0.312. The average molecular weight is 273 g/mol. The van der Waals surface area contributed by atoms with Crippen molar-refractivity contribution in [2.75, 3.05) is 18.5 Å². The summed E-state index contributed by atoms with van der Waals surface area (Å²) in [5.41, 5.74) is 8.16. The molecule has 0 spiro atoms. The second-order valence-corrected chi connectivity index (χ2v) is 4.99. The highest BCUT2D eigenvalue weighted by Gasteiger charge is 2.10. The topological polar surface area (TPSA) is 42.1 Å². The predicted octanol–water partition coefficient (Wildman–Crippen LogP) is 2.92. The number of hydrogen-bond acceptors (Lipinski definition) is 3. The van der Waals surface area contributed by atoms with E-state index in [9.17, 15) is 4.39 Å². The second kappa shape index (κ2) is 6.48. The molecule has 0 bridgehead atoms. The third kappa shape index (κ3) is 3.54. The smallest absolute Gasteiger partial charge is 0.146 e. The molecule has 0 radical (unpaired) electrons. The van der Waals surface area contributed by atoms with Gasteiger partial charge in [0.2, 0.25) is 0 Å². The van der Waals surface area contributed by atoms with Gasteiger partial charge in [0.1, 0.15) is 5.82 Å². The summed E-state index contributed by atoms with van der Waals surface area (Å²) in [6.07, 6.45) is 2.55. The molecule has 0 saturated carbocycles. The molecule has 0 aliphatic rings. The summed E-state index contributed by atoms with van der Waals surface area (Å²) in [6.45, 7) is 2.56. The van der Waals surface area contributed by atoms with Gasteiger partial charge in [0.25, 0.3) is 0 Å². The van der Waals surface area contributed by atoms with Gasteiger partial charge >= 0.3 is 0 Å². The molecule has 0 fully saturated rings. The van der Waals surface area contributed by atoms with Gasteiger partial charge in [-0.3, -0.25) is 4.98 Å². The zero-order chi connectivity index (χ0) is 14.5. The molecule has 0 aliphatic carbocycles. The third-order valence-corrected chi connectivity index (χ3v) is 3.34. The van der Waals surface area contributed by atoms with Crippen LogP contribution >= 0.6 is 0 Å². The van der Waals surface area contributed by atoms with Crippen LogP contribution in [0.3, 0.4) is 0 Å². The van der Waals surface area contributed by atoms with E-state index in [2.05, 4.69) is 4.98 Å². The number of hydrogen-bond donors (Lipinski definition) is 1. The minimum Gasteiger partial charge on any atom is -0.372 e. The minimum atomic E-state index is -0.233. The lowest BCUT2D eigenvalue weighted by molar-refractivity contribution is 0.616. The van der Waals surface area contributed by atoms with Crippen LogP contribution in [-0.4, -0.2) is 18.6 Å². The molecule has 20 heavy (non-hydrogen) atoms. The van der Waals surface area contributed by atoms with Gasteiger partial charge in [-0.2, -0.15) is 0 Å². The van der Waals surface area contributed by atoms with Crippen molar-refractivity contribution in [1.29, 1.82) is 0 Å². The molecule has 0 aliphatic heterocycles. The molecule has 1 aromatic carbocycles. The molecule has 106 valence electrons. The van der Waals surface area contributed by atoms with Crippen molar-refractivity contribution < 1.29 is 4.39 Å². The van der Waals surface area contributed by atoms with Gasteiger partial charge in [0.05, 0.1) is 5.69 Å². The van der Waals surface area contributed by atoms with Crippen molar-refractivity contribution in [3.05, 3.63) is 59.7 Å². The Balaban J connectivity index is 2.04. The molecular weight excluding hydrogens is 253 g/mol. The Morgan fingerprint density at radius 3 is 2.70 bits per heavy atom. The van der Waals surface area contributed by atoms with Gasteiger partial charge in [0, 0.05) is 37.9 Å². The van der Waals surface area contributed by atoms with E-state index in [4.69, 9.17) is 5.73 Å². The number of anilines is 1. The highest BCUT2D eigenvalue weighted by atomic mass is 19.1. The van der Waals surface area contributed by atoms with Gasteiger partial charge < -0.3 is 10.6 Å². The normalized spacial score (nSPS) is 12.2. The maximum absolute atomic E-state index is 14.1. The van der Waals surface area contributed by atoms with Crippen LogP contribution in [0, 0.1) is 5.82 Å². The lowest BCUT2D eigenvalue weighted by Crippen LogP contribution is -2.22. The first-order chi connectivity index (χ1) is 9.58. The average Bonchev–Trinajstić information content (AvgIpc) is 2.45. The number of pyridine rings is 1. The van der Waals surface area contributed by atoms with E-state index in [0.717, 1.165) is 17.7 Å². The Hall–Kier alpha value is -1.94. The fourth-order valence-electron chi connectivity index (χ4n) is 2.06. The van der Waals surface area contributed by atoms with Crippen LogP contribution in [-0.2, 0) is 6.42 Å². The predicted molar refractivity (Wildman–Crippen MR) is 80.2 cm³/mol. The van der Waals surface area contributed by atoms with Crippen molar-refractivity contribution in [3.8, 4) is 0 Å². The Morgan fingerprint density at radius 1 is 1.30 bits per heavy atom. The first-order valence-electron chi connectivity index (χ1n) is 6.74. The zero-order valence-electron chi connectivity index (χ0n) is 11.9. The summed E-state index contributed by atoms with van der Waals surface area (Å²) in [5.74, 6) is -0.233. The first-order valence-corrected chi connectivity index (χ1v) is 6.74. The molecule has 1 aromatic heterocycles. The quantitative estimate of drug-likeness (QED) is 0.910. The van der Waals surface area contributed by atoms with Crippen LogP contribution in [0.15, 0.2) is 42.6 Å². The summed E-state index contributed by atoms with van der Waals surface area (Å²) in [4.78, 5) is 6.16. The van der Waals surface area contributed by atoms with Gasteiger partial charge in [0.15, 0.2) is 0 Å². The van der Waals surface area contributed by atoms with E-state index in [1.54, 1.807) is 12.3 Å². The van der Waals surface area contributed by atoms with Crippen molar-refractivity contribution in [1.82, 2.24) is 4.98 Å². The largest absolute Gasteiger partial charge is 0.372 e. The van der Waals surface area contributed by atoms with Gasteiger partial charge in [-0.25, -0.2) is 4.39 Å². The maximum Gasteiger partial charge on any atom is 0.146 e. The maximum atomic E-state index is 14.1. The molecule has 1 heterocycles. The van der Waals surface area contributed by atoms with Crippen molar-refractivity contribution in [2.45, 2.75) is 19.4 Å². The van der Waals surface area contributed by atoms with Crippen LogP contribution in [0.1, 0.15) is 24.2 Å². The van der Waals surface area contributed by atoms with Crippen LogP contribution in [0.25, 0.3) is 0 Å². The van der Waals surface area contributed by atoms with E-state index in [0.29, 0.717) is 12.2 Å². The molecule has 2 rings (SSSR count). The van der Waals surface area contributed by atoms with Crippen LogP contribution < -0.4 is 10.6 Å². The number of nitrogens with zero attached hydrogens (tertiary/aromatic N) is 2. The molecule has 0 unspecified atom stereocenters. The summed E-state index contributed by atoms with van der Waals surface area (Å²) in [6, 6.07) is 10.8. The second-order valence-electron chi connectivity index (χ2n) is 4.99. The number of nitrogens with two attached hydrogens (primary N) is 1. The Kier molecular flexibility index (Phi) is 4.69. The summed E-state index contributed by atoms with van der Waals surface area (Å²) < 4.78 is 14.1. The third-order valence-electron chi connectivity index (χ3n) is 3.34. The van der Waals surface area contributed by atoms with Gasteiger partial charge in [-0.1, -0.05) is 12.1 Å². The highest BCUT2D eigenvalue weighted by Crippen LogP contribution is 2.22. The summed E-state index contributed by atoms with van der Waals surface area (Å²) >= 11 is 0. The molecule has 2 aromatic rings. The van der Waals surface area contributed by atoms with Crippen LogP contribution in [0.5, 0.6) is 0 Å². The summed E-state index contributed by atoms with van der Waals surface area (Å²) in [7, 11) is 1.88. The van der Waals surface area contributed by atoms with Gasteiger partial charge in [-0.15, -0.1) is 0 Å². The SMILES string of the molecule is C[C@H](N)c1ccc(N(C)CCc2ccccn2)c(F)c1. The van der Waals surface area contributed by atoms with E-state index in [1.165, 1.54) is 6.07 Å². The molecular formula is C16H20FN3. The number of rotatable bonds is 5. The number of likely N-dealkylation sites (N-methyl/N-ethyl adjacent to an activating group) is 1. The monoisotopic (exact) mass is 273 g/mol. The standard InChI is InChI=1S/C16H20FN3/c1-12(18)13-6-7-16(15(17)11-13)20(2)10-8-14-5-3-4-9-19-14/h3-7,9,11-12H,8,10,18H2,1-2H3/t12-/m0/s1. The lowest BCUT2D eigenvalue weighted by Gasteiger charge is -2.20. The lowest BCUT2D eigenvalue weighted by atomic mass is 10.1. The van der Waals surface area contributed by atoms with E-state index >= 15 is 0 Å². The minimum absolute atomic E-state index is 0.155. The number of benzene rings is 1. The Bertz CT molecular complexity index is 555. The number of aromatic nitrogens is 1. The molecule has 0 saturated heterocycles. The van der Waals surface area contributed by atoms with Crippen molar-refractivity contribution in [3.63, 3.8) is 0 Å². The molecule has 4 heteroatoms. The molecule has 0 amide bonds. The Morgan fingerprint density at radius 2 is 2.10 bits per heavy atom. The Labute approximate surface area is 119 Å². The molecule has 3 nitrogen and oxygen atoms in total. The van der Waals surface area contributed by atoms with Crippen molar-refractivity contribution >= 4 is 5.69 Å². The van der Waals surface area contributed by atoms with E-state index in [-0.39, 0.29) is 11.9 Å². The highest BCUT2D eigenvalue weighted by molar-refractivity contribution is 5.49. The van der Waals surface area contributed by atoms with Crippen molar-refractivity contribution in [2.24, 2.45) is 5.73 Å². The fourth-order valence-corrected chi connectivity index (χ4v) is 2.06. The van der Waals surface area contributed by atoms with E-state index < -0.39 is 0 Å². The molecule has 2 N–H and O–H groups in total. The van der Waals surface area contributed by atoms with E-state index in [1.807, 2.05) is 43.1 Å². The summed E-state index contributed by atoms with van der Waals surface area (Å²) in [5, 5.41) is 0.